The summed E-state index contributed by atoms with van der Waals surface area (Å²) in [6, 6.07) is 0.619. The standard InChI is InChI=1S/C13H19N/c1-10-8-11-4-6-13(2,3)7-5-12(11)9-14-10/h4-7,10,14H,8-9H2,1-3H3. The molecular formula is C13H19N. The third-order valence-electron chi connectivity index (χ3n) is 3.01. The van der Waals surface area contributed by atoms with E-state index in [1.54, 1.807) is 0 Å². The topological polar surface area (TPSA) is 12.0 Å². The van der Waals surface area contributed by atoms with Crippen molar-refractivity contribution in [3.63, 3.8) is 0 Å². The van der Waals surface area contributed by atoms with Gasteiger partial charge in [-0.25, -0.2) is 0 Å². The van der Waals surface area contributed by atoms with Crippen LogP contribution in [0, 0.1) is 5.41 Å². The van der Waals surface area contributed by atoms with E-state index in [2.05, 4.69) is 50.4 Å². The third-order valence-corrected chi connectivity index (χ3v) is 3.01. The monoisotopic (exact) mass is 189 g/mol. The molecule has 1 aliphatic carbocycles. The normalized spacial score (nSPS) is 30.1. The van der Waals surface area contributed by atoms with Gasteiger partial charge in [0, 0.05) is 18.0 Å². The Bertz CT molecular complexity index is 318. The lowest BCUT2D eigenvalue weighted by Crippen LogP contribution is -2.32. The summed E-state index contributed by atoms with van der Waals surface area (Å²) in [7, 11) is 0. The van der Waals surface area contributed by atoms with Crippen molar-refractivity contribution in [2.45, 2.75) is 33.2 Å². The molecule has 0 saturated carbocycles. The van der Waals surface area contributed by atoms with Gasteiger partial charge >= 0.3 is 0 Å². The van der Waals surface area contributed by atoms with Gasteiger partial charge < -0.3 is 5.32 Å². The maximum atomic E-state index is 3.49. The number of nitrogens with one attached hydrogen (secondary N) is 1. The molecule has 0 saturated heterocycles. The van der Waals surface area contributed by atoms with Crippen LogP contribution < -0.4 is 5.32 Å². The Kier molecular flexibility index (Phi) is 2.36. The predicted molar refractivity (Wildman–Crippen MR) is 61.2 cm³/mol. The van der Waals surface area contributed by atoms with E-state index in [-0.39, 0.29) is 5.41 Å². The summed E-state index contributed by atoms with van der Waals surface area (Å²) in [5.74, 6) is 0. The second kappa shape index (κ2) is 3.39. The first-order valence-corrected chi connectivity index (χ1v) is 5.41. The zero-order valence-electron chi connectivity index (χ0n) is 9.30. The van der Waals surface area contributed by atoms with Crippen LogP contribution in [0.15, 0.2) is 35.5 Å². The SMILES string of the molecule is CC1CC2=C(C=CC(C)(C)C=C2)CN1. The van der Waals surface area contributed by atoms with E-state index in [1.165, 1.54) is 11.1 Å². The van der Waals surface area contributed by atoms with Crippen LogP contribution in [0.2, 0.25) is 0 Å². The smallest absolute Gasteiger partial charge is 0.0210 e. The van der Waals surface area contributed by atoms with Crippen LogP contribution >= 0.6 is 0 Å². The van der Waals surface area contributed by atoms with Gasteiger partial charge in [0.25, 0.3) is 0 Å². The van der Waals surface area contributed by atoms with Gasteiger partial charge in [-0.1, -0.05) is 38.2 Å². The zero-order valence-corrected chi connectivity index (χ0v) is 9.30. The average molecular weight is 189 g/mol. The third kappa shape index (κ3) is 1.98. The predicted octanol–water partition coefficient (Wildman–Crippen LogP) is 2.82. The van der Waals surface area contributed by atoms with Crippen molar-refractivity contribution in [2.75, 3.05) is 6.54 Å². The summed E-state index contributed by atoms with van der Waals surface area (Å²) in [6.07, 6.45) is 10.4. The first-order valence-electron chi connectivity index (χ1n) is 5.41. The van der Waals surface area contributed by atoms with Crippen LogP contribution in [0.4, 0.5) is 0 Å². The quantitative estimate of drug-likeness (QED) is 0.618. The largest absolute Gasteiger partial charge is 0.310 e. The molecule has 1 nitrogen and oxygen atoms in total. The van der Waals surface area contributed by atoms with Crippen LogP contribution in [-0.4, -0.2) is 12.6 Å². The Hall–Kier alpha value is -0.820. The van der Waals surface area contributed by atoms with Gasteiger partial charge in [-0.2, -0.15) is 0 Å². The molecule has 2 aliphatic rings. The minimum atomic E-state index is 0.209. The lowest BCUT2D eigenvalue weighted by atomic mass is 9.93. The summed E-state index contributed by atoms with van der Waals surface area (Å²) in [6.45, 7) is 7.76. The van der Waals surface area contributed by atoms with Gasteiger partial charge in [-0.3, -0.25) is 0 Å². The summed E-state index contributed by atoms with van der Waals surface area (Å²) in [4.78, 5) is 0. The van der Waals surface area contributed by atoms with Crippen molar-refractivity contribution >= 4 is 0 Å². The Balaban J connectivity index is 2.30. The lowest BCUT2D eigenvalue weighted by Gasteiger charge is -2.22. The molecule has 0 spiro atoms. The Morgan fingerprint density at radius 2 is 1.86 bits per heavy atom. The minimum Gasteiger partial charge on any atom is -0.310 e. The molecule has 1 aliphatic heterocycles. The number of hydrogen-bond acceptors (Lipinski definition) is 1. The highest BCUT2D eigenvalue weighted by atomic mass is 14.9. The maximum absolute atomic E-state index is 3.49. The molecule has 1 atom stereocenters. The highest BCUT2D eigenvalue weighted by Gasteiger charge is 2.18. The van der Waals surface area contributed by atoms with Gasteiger partial charge in [-0.15, -0.1) is 0 Å². The Morgan fingerprint density at radius 1 is 1.21 bits per heavy atom. The van der Waals surface area contributed by atoms with Crippen LogP contribution in [0.5, 0.6) is 0 Å². The van der Waals surface area contributed by atoms with Crippen molar-refractivity contribution in [3.05, 3.63) is 35.5 Å². The molecule has 1 heterocycles. The Morgan fingerprint density at radius 3 is 2.57 bits per heavy atom. The fourth-order valence-corrected chi connectivity index (χ4v) is 1.96. The number of rotatable bonds is 0. The van der Waals surface area contributed by atoms with E-state index in [0.717, 1.165) is 13.0 Å². The van der Waals surface area contributed by atoms with Crippen LogP contribution in [0.1, 0.15) is 27.2 Å². The zero-order chi connectivity index (χ0) is 10.2. The second-order valence-corrected chi connectivity index (χ2v) is 5.02. The molecule has 76 valence electrons. The fraction of sp³-hybridized carbons (Fsp3) is 0.538. The Labute approximate surface area is 86.6 Å². The molecule has 0 aromatic rings. The lowest BCUT2D eigenvalue weighted by molar-refractivity contribution is 0.550. The van der Waals surface area contributed by atoms with Crippen molar-refractivity contribution in [2.24, 2.45) is 5.41 Å². The molecule has 0 aromatic carbocycles. The second-order valence-electron chi connectivity index (χ2n) is 5.02. The van der Waals surface area contributed by atoms with Crippen LogP contribution in [0.3, 0.4) is 0 Å². The van der Waals surface area contributed by atoms with Gasteiger partial charge in [0.1, 0.15) is 0 Å². The van der Waals surface area contributed by atoms with E-state index >= 15 is 0 Å². The molecule has 1 N–H and O–H groups in total. The van der Waals surface area contributed by atoms with Crippen LogP contribution in [0.25, 0.3) is 0 Å². The van der Waals surface area contributed by atoms with E-state index in [4.69, 9.17) is 0 Å². The van der Waals surface area contributed by atoms with Gasteiger partial charge in [-0.05, 0) is 24.5 Å². The van der Waals surface area contributed by atoms with E-state index in [1.807, 2.05) is 0 Å². The maximum Gasteiger partial charge on any atom is 0.0210 e. The summed E-state index contributed by atoms with van der Waals surface area (Å²) in [5.41, 5.74) is 3.18. The molecule has 0 bridgehead atoms. The van der Waals surface area contributed by atoms with E-state index in [0.29, 0.717) is 6.04 Å². The number of hydrogen-bond donors (Lipinski definition) is 1. The number of allylic oxidation sites excluding steroid dienone is 3. The summed E-state index contributed by atoms with van der Waals surface area (Å²) < 4.78 is 0. The van der Waals surface area contributed by atoms with E-state index in [9.17, 15) is 0 Å². The minimum absolute atomic E-state index is 0.209. The summed E-state index contributed by atoms with van der Waals surface area (Å²) in [5, 5.41) is 3.49. The molecule has 0 fully saturated rings. The van der Waals surface area contributed by atoms with Crippen molar-refractivity contribution in [1.29, 1.82) is 0 Å². The summed E-state index contributed by atoms with van der Waals surface area (Å²) >= 11 is 0. The molecule has 0 radical (unpaired) electrons. The molecule has 1 heteroatoms. The first kappa shape index (κ1) is 9.72. The van der Waals surface area contributed by atoms with Gasteiger partial charge in [0.05, 0.1) is 0 Å². The molecule has 2 rings (SSSR count). The van der Waals surface area contributed by atoms with Crippen molar-refractivity contribution in [3.8, 4) is 0 Å². The highest BCUT2D eigenvalue weighted by Crippen LogP contribution is 2.28. The molecule has 1 unspecified atom stereocenters. The van der Waals surface area contributed by atoms with E-state index < -0.39 is 0 Å². The van der Waals surface area contributed by atoms with Gasteiger partial charge in [0.2, 0.25) is 0 Å². The average Bonchev–Trinajstić information content (AvgIpc) is 2.26. The van der Waals surface area contributed by atoms with Crippen LogP contribution in [-0.2, 0) is 0 Å². The first-order chi connectivity index (χ1) is 6.57. The molecule has 0 amide bonds. The molecular weight excluding hydrogens is 170 g/mol. The highest BCUT2D eigenvalue weighted by molar-refractivity contribution is 5.41. The van der Waals surface area contributed by atoms with Gasteiger partial charge in [0.15, 0.2) is 0 Å². The fourth-order valence-electron chi connectivity index (χ4n) is 1.96. The van der Waals surface area contributed by atoms with Crippen molar-refractivity contribution in [1.82, 2.24) is 5.32 Å². The molecule has 0 aromatic heterocycles. The van der Waals surface area contributed by atoms with Crippen molar-refractivity contribution < 1.29 is 0 Å². The molecule has 14 heavy (non-hydrogen) atoms.